The molecule has 112 valence electrons. The molecule has 1 aliphatic rings. The van der Waals surface area contributed by atoms with Crippen molar-refractivity contribution in [3.05, 3.63) is 28.8 Å². The standard InChI is InChI=1S/C17H27ClN2/c1-4-9-19-11-15-7-8-16(18)10-17(15)20-12-13(2)5-6-14(20)3/h7-8,10,13-14,19H,4-6,9,11-12H2,1-3H3. The fraction of sp³-hybridized carbons (Fsp3) is 0.647. The number of piperidine rings is 1. The largest absolute Gasteiger partial charge is 0.368 e. The van der Waals surface area contributed by atoms with E-state index in [1.807, 2.05) is 6.07 Å². The fourth-order valence-electron chi connectivity index (χ4n) is 2.98. The lowest BCUT2D eigenvalue weighted by Gasteiger charge is -2.39. The predicted molar refractivity (Wildman–Crippen MR) is 88.7 cm³/mol. The molecule has 2 rings (SSSR count). The van der Waals surface area contributed by atoms with Crippen molar-refractivity contribution in [3.63, 3.8) is 0 Å². The summed E-state index contributed by atoms with van der Waals surface area (Å²) in [7, 11) is 0. The highest BCUT2D eigenvalue weighted by Gasteiger charge is 2.24. The summed E-state index contributed by atoms with van der Waals surface area (Å²) in [5.41, 5.74) is 2.68. The number of halogens is 1. The predicted octanol–water partition coefficient (Wildman–Crippen LogP) is 4.46. The van der Waals surface area contributed by atoms with E-state index in [1.165, 1.54) is 30.5 Å². The maximum Gasteiger partial charge on any atom is 0.0429 e. The molecule has 2 atom stereocenters. The summed E-state index contributed by atoms with van der Waals surface area (Å²) in [6, 6.07) is 6.92. The highest BCUT2D eigenvalue weighted by molar-refractivity contribution is 6.30. The van der Waals surface area contributed by atoms with Crippen LogP contribution in [0.5, 0.6) is 0 Å². The average molecular weight is 295 g/mol. The molecule has 2 nitrogen and oxygen atoms in total. The molecule has 1 aliphatic heterocycles. The molecule has 0 bridgehead atoms. The van der Waals surface area contributed by atoms with Gasteiger partial charge in [-0.2, -0.15) is 0 Å². The van der Waals surface area contributed by atoms with Crippen LogP contribution in [0.15, 0.2) is 18.2 Å². The Hall–Kier alpha value is -0.730. The fourth-order valence-corrected chi connectivity index (χ4v) is 3.14. The third-order valence-electron chi connectivity index (χ3n) is 4.22. The molecule has 0 saturated carbocycles. The summed E-state index contributed by atoms with van der Waals surface area (Å²) >= 11 is 6.23. The molecule has 0 radical (unpaired) electrons. The Bertz CT molecular complexity index is 433. The molecule has 1 heterocycles. The Balaban J connectivity index is 2.21. The van der Waals surface area contributed by atoms with E-state index < -0.39 is 0 Å². The van der Waals surface area contributed by atoms with E-state index in [0.717, 1.165) is 30.6 Å². The molecule has 0 amide bonds. The van der Waals surface area contributed by atoms with E-state index in [0.29, 0.717) is 6.04 Å². The van der Waals surface area contributed by atoms with Gasteiger partial charge in [0, 0.05) is 29.8 Å². The van der Waals surface area contributed by atoms with Gasteiger partial charge < -0.3 is 10.2 Å². The second-order valence-electron chi connectivity index (χ2n) is 6.13. The normalized spacial score (nSPS) is 23.1. The number of nitrogens with one attached hydrogen (secondary N) is 1. The van der Waals surface area contributed by atoms with Crippen LogP contribution >= 0.6 is 11.6 Å². The topological polar surface area (TPSA) is 15.3 Å². The summed E-state index contributed by atoms with van der Waals surface area (Å²) in [5, 5.41) is 4.34. The zero-order valence-corrected chi connectivity index (χ0v) is 13.7. The van der Waals surface area contributed by atoms with Gasteiger partial charge in [-0.05, 0) is 56.3 Å². The van der Waals surface area contributed by atoms with Gasteiger partial charge in [-0.1, -0.05) is 31.5 Å². The molecule has 2 unspecified atom stereocenters. The van der Waals surface area contributed by atoms with Gasteiger partial charge in [0.15, 0.2) is 0 Å². The zero-order valence-electron chi connectivity index (χ0n) is 13.0. The SMILES string of the molecule is CCCNCc1ccc(Cl)cc1N1CC(C)CCC1C. The third-order valence-corrected chi connectivity index (χ3v) is 4.45. The molecule has 0 aliphatic carbocycles. The van der Waals surface area contributed by atoms with Crippen molar-refractivity contribution in [1.29, 1.82) is 0 Å². The van der Waals surface area contributed by atoms with E-state index in [4.69, 9.17) is 11.6 Å². The first-order chi connectivity index (χ1) is 9.61. The Morgan fingerprint density at radius 3 is 2.85 bits per heavy atom. The zero-order chi connectivity index (χ0) is 14.5. The van der Waals surface area contributed by atoms with Crippen LogP contribution in [-0.4, -0.2) is 19.1 Å². The number of anilines is 1. The van der Waals surface area contributed by atoms with E-state index in [1.54, 1.807) is 0 Å². The first kappa shape index (κ1) is 15.7. The maximum absolute atomic E-state index is 6.23. The van der Waals surface area contributed by atoms with Crippen molar-refractivity contribution >= 4 is 17.3 Å². The van der Waals surface area contributed by atoms with Crippen LogP contribution in [0.2, 0.25) is 5.02 Å². The molecule has 1 aromatic carbocycles. The molecule has 1 aromatic rings. The highest BCUT2D eigenvalue weighted by atomic mass is 35.5. The summed E-state index contributed by atoms with van der Waals surface area (Å²) in [6.45, 7) is 10.0. The molecule has 1 fully saturated rings. The van der Waals surface area contributed by atoms with E-state index in [-0.39, 0.29) is 0 Å². The summed E-state index contributed by atoms with van der Waals surface area (Å²) in [5.74, 6) is 0.765. The van der Waals surface area contributed by atoms with Crippen LogP contribution in [0.25, 0.3) is 0 Å². The molecule has 0 spiro atoms. The minimum Gasteiger partial charge on any atom is -0.368 e. The first-order valence-electron chi connectivity index (χ1n) is 7.87. The van der Waals surface area contributed by atoms with Gasteiger partial charge in [0.2, 0.25) is 0 Å². The van der Waals surface area contributed by atoms with Crippen LogP contribution in [-0.2, 0) is 6.54 Å². The number of nitrogens with zero attached hydrogens (tertiary/aromatic N) is 1. The number of hydrogen-bond donors (Lipinski definition) is 1. The highest BCUT2D eigenvalue weighted by Crippen LogP contribution is 2.32. The van der Waals surface area contributed by atoms with Crippen molar-refractivity contribution in [2.75, 3.05) is 18.0 Å². The quantitative estimate of drug-likeness (QED) is 0.806. The molecule has 1 saturated heterocycles. The lowest BCUT2D eigenvalue weighted by molar-refractivity contribution is 0.389. The van der Waals surface area contributed by atoms with Gasteiger partial charge >= 0.3 is 0 Å². The lowest BCUT2D eigenvalue weighted by atomic mass is 9.93. The Morgan fingerprint density at radius 1 is 1.30 bits per heavy atom. The molecular formula is C17H27ClN2. The van der Waals surface area contributed by atoms with Crippen LogP contribution in [0.4, 0.5) is 5.69 Å². The van der Waals surface area contributed by atoms with Crippen molar-refractivity contribution in [3.8, 4) is 0 Å². The molecule has 0 aromatic heterocycles. The van der Waals surface area contributed by atoms with Gasteiger partial charge in [0.1, 0.15) is 0 Å². The molecular weight excluding hydrogens is 268 g/mol. The van der Waals surface area contributed by atoms with Gasteiger partial charge in [0.25, 0.3) is 0 Å². The van der Waals surface area contributed by atoms with Gasteiger partial charge in [-0.3, -0.25) is 0 Å². The molecule has 1 N–H and O–H groups in total. The molecule has 3 heteroatoms. The van der Waals surface area contributed by atoms with Crippen molar-refractivity contribution in [2.45, 2.75) is 52.6 Å². The van der Waals surface area contributed by atoms with Gasteiger partial charge in [-0.25, -0.2) is 0 Å². The number of benzene rings is 1. The first-order valence-corrected chi connectivity index (χ1v) is 8.25. The van der Waals surface area contributed by atoms with Crippen LogP contribution in [0, 0.1) is 5.92 Å². The van der Waals surface area contributed by atoms with Crippen LogP contribution in [0.3, 0.4) is 0 Å². The third kappa shape index (κ3) is 3.89. The van der Waals surface area contributed by atoms with Gasteiger partial charge in [-0.15, -0.1) is 0 Å². The number of hydrogen-bond acceptors (Lipinski definition) is 2. The Labute approximate surface area is 128 Å². The van der Waals surface area contributed by atoms with E-state index in [2.05, 4.69) is 43.1 Å². The minimum atomic E-state index is 0.606. The maximum atomic E-state index is 6.23. The second-order valence-corrected chi connectivity index (χ2v) is 6.57. The van der Waals surface area contributed by atoms with E-state index >= 15 is 0 Å². The van der Waals surface area contributed by atoms with Crippen LogP contribution in [0.1, 0.15) is 45.6 Å². The smallest absolute Gasteiger partial charge is 0.0429 e. The Morgan fingerprint density at radius 2 is 2.10 bits per heavy atom. The van der Waals surface area contributed by atoms with Crippen molar-refractivity contribution in [2.24, 2.45) is 5.92 Å². The van der Waals surface area contributed by atoms with Crippen LogP contribution < -0.4 is 10.2 Å². The Kier molecular flexibility index (Phi) is 5.74. The summed E-state index contributed by atoms with van der Waals surface area (Å²) in [4.78, 5) is 2.54. The molecule has 20 heavy (non-hydrogen) atoms. The monoisotopic (exact) mass is 294 g/mol. The average Bonchev–Trinajstić information content (AvgIpc) is 2.43. The van der Waals surface area contributed by atoms with Crippen molar-refractivity contribution < 1.29 is 0 Å². The lowest BCUT2D eigenvalue weighted by Crippen LogP contribution is -2.41. The summed E-state index contributed by atoms with van der Waals surface area (Å²) < 4.78 is 0. The second kappa shape index (κ2) is 7.33. The van der Waals surface area contributed by atoms with E-state index in [9.17, 15) is 0 Å². The number of rotatable bonds is 5. The summed E-state index contributed by atoms with van der Waals surface area (Å²) in [6.07, 6.45) is 3.78. The van der Waals surface area contributed by atoms with Gasteiger partial charge in [0.05, 0.1) is 0 Å². The minimum absolute atomic E-state index is 0.606. The van der Waals surface area contributed by atoms with Crippen molar-refractivity contribution in [1.82, 2.24) is 5.32 Å².